The second kappa shape index (κ2) is 7.46. The van der Waals surface area contributed by atoms with Crippen molar-refractivity contribution in [1.82, 2.24) is 4.90 Å². The van der Waals surface area contributed by atoms with Gasteiger partial charge in [0, 0.05) is 11.6 Å². The Morgan fingerprint density at radius 3 is 2.56 bits per heavy atom. The normalized spacial score (nSPS) is 28.3. The lowest BCUT2D eigenvalue weighted by molar-refractivity contribution is 0.135. The summed E-state index contributed by atoms with van der Waals surface area (Å²) in [7, 11) is 2.26. The fourth-order valence-corrected chi connectivity index (χ4v) is 3.09. The van der Waals surface area contributed by atoms with Crippen LogP contribution in [0.2, 0.25) is 0 Å². The molecule has 0 aromatic heterocycles. The highest BCUT2D eigenvalue weighted by atomic mass is 16.3. The van der Waals surface area contributed by atoms with E-state index in [0.717, 1.165) is 31.3 Å². The zero-order valence-corrected chi connectivity index (χ0v) is 12.5. The van der Waals surface area contributed by atoms with Crippen molar-refractivity contribution in [1.29, 1.82) is 0 Å². The maximum atomic E-state index is 9.11. The number of nitrogens with zero attached hydrogens (tertiary/aromatic N) is 1. The Kier molecular flexibility index (Phi) is 6.61. The Balaban J connectivity index is 2.18. The predicted molar refractivity (Wildman–Crippen MR) is 77.6 cm³/mol. The second-order valence-corrected chi connectivity index (χ2v) is 6.58. The number of unbranched alkanes of at least 4 members (excludes halogenated alkanes) is 1. The molecule has 1 rings (SSSR count). The molecule has 0 saturated heterocycles. The molecule has 1 saturated carbocycles. The topological polar surface area (TPSA) is 49.5 Å². The van der Waals surface area contributed by atoms with E-state index < -0.39 is 5.54 Å². The van der Waals surface area contributed by atoms with Gasteiger partial charge < -0.3 is 15.7 Å². The van der Waals surface area contributed by atoms with E-state index in [2.05, 4.69) is 18.9 Å². The van der Waals surface area contributed by atoms with Crippen molar-refractivity contribution in [2.75, 3.05) is 20.2 Å². The molecule has 3 nitrogen and oxygen atoms in total. The molecule has 0 aromatic rings. The summed E-state index contributed by atoms with van der Waals surface area (Å²) in [6.07, 6.45) is 8.77. The molecular formula is C15H32N2O. The third-order valence-corrected chi connectivity index (χ3v) is 4.50. The van der Waals surface area contributed by atoms with Gasteiger partial charge in [0.15, 0.2) is 0 Å². The summed E-state index contributed by atoms with van der Waals surface area (Å²) in [4.78, 5) is 2.54. The van der Waals surface area contributed by atoms with Gasteiger partial charge in [-0.25, -0.2) is 0 Å². The monoisotopic (exact) mass is 256 g/mol. The third kappa shape index (κ3) is 5.25. The van der Waals surface area contributed by atoms with Crippen LogP contribution < -0.4 is 5.73 Å². The average molecular weight is 256 g/mol. The predicted octanol–water partition coefficient (Wildman–Crippen LogP) is 2.38. The van der Waals surface area contributed by atoms with Crippen LogP contribution in [0.1, 0.15) is 58.8 Å². The number of aliphatic hydroxyl groups excluding tert-OH is 1. The molecule has 108 valence electrons. The maximum Gasteiger partial charge on any atom is 0.0608 e. The number of aliphatic hydroxyl groups is 1. The molecule has 18 heavy (non-hydrogen) atoms. The van der Waals surface area contributed by atoms with Crippen molar-refractivity contribution in [3.63, 3.8) is 0 Å². The first kappa shape index (κ1) is 15.9. The van der Waals surface area contributed by atoms with Crippen LogP contribution in [0.5, 0.6) is 0 Å². The molecule has 0 amide bonds. The van der Waals surface area contributed by atoms with Crippen molar-refractivity contribution < 1.29 is 5.11 Å². The van der Waals surface area contributed by atoms with Gasteiger partial charge in [0.25, 0.3) is 0 Å². The number of rotatable bonds is 7. The lowest BCUT2D eigenvalue weighted by Crippen LogP contribution is -2.41. The standard InChI is InChI=1S/C15H32N2O/c1-13-8-4-5-9-14(13)17(3)11-7-6-10-15(2,16)12-18/h13-14,18H,4-12,16H2,1-3H3. The van der Waals surface area contributed by atoms with E-state index in [9.17, 15) is 0 Å². The van der Waals surface area contributed by atoms with Crippen LogP contribution in [0, 0.1) is 5.92 Å². The molecule has 1 fully saturated rings. The molecule has 1 aliphatic rings. The SMILES string of the molecule is CC1CCCCC1N(C)CCCCC(C)(N)CO. The van der Waals surface area contributed by atoms with E-state index in [1.54, 1.807) is 0 Å². The minimum atomic E-state index is -0.392. The van der Waals surface area contributed by atoms with Gasteiger partial charge in [-0.15, -0.1) is 0 Å². The van der Waals surface area contributed by atoms with Crippen LogP contribution in [0.15, 0.2) is 0 Å². The summed E-state index contributed by atoms with van der Waals surface area (Å²) in [6, 6.07) is 0.779. The Bertz CT molecular complexity index is 231. The maximum absolute atomic E-state index is 9.11. The molecule has 3 unspecified atom stereocenters. The molecule has 0 aliphatic heterocycles. The molecule has 3 N–H and O–H groups in total. The summed E-state index contributed by atoms with van der Waals surface area (Å²) in [6.45, 7) is 5.57. The van der Waals surface area contributed by atoms with Crippen molar-refractivity contribution in [2.24, 2.45) is 11.7 Å². The molecule has 0 bridgehead atoms. The minimum absolute atomic E-state index is 0.0858. The van der Waals surface area contributed by atoms with Gasteiger partial charge in [0.2, 0.25) is 0 Å². The lowest BCUT2D eigenvalue weighted by Gasteiger charge is -2.36. The van der Waals surface area contributed by atoms with Crippen LogP contribution in [0.3, 0.4) is 0 Å². The van der Waals surface area contributed by atoms with Gasteiger partial charge in [0.05, 0.1) is 6.61 Å². The number of hydrogen-bond donors (Lipinski definition) is 2. The fraction of sp³-hybridized carbons (Fsp3) is 1.00. The minimum Gasteiger partial charge on any atom is -0.394 e. The Labute approximate surface area is 113 Å². The first-order valence-corrected chi connectivity index (χ1v) is 7.56. The van der Waals surface area contributed by atoms with Gasteiger partial charge >= 0.3 is 0 Å². The van der Waals surface area contributed by atoms with E-state index in [4.69, 9.17) is 10.8 Å². The molecular weight excluding hydrogens is 224 g/mol. The highest BCUT2D eigenvalue weighted by Gasteiger charge is 2.24. The number of nitrogens with two attached hydrogens (primary N) is 1. The molecule has 0 aromatic carbocycles. The largest absolute Gasteiger partial charge is 0.394 e. The fourth-order valence-electron chi connectivity index (χ4n) is 3.09. The number of hydrogen-bond acceptors (Lipinski definition) is 3. The van der Waals surface area contributed by atoms with E-state index in [1.165, 1.54) is 32.1 Å². The molecule has 3 atom stereocenters. The van der Waals surface area contributed by atoms with E-state index >= 15 is 0 Å². The summed E-state index contributed by atoms with van der Waals surface area (Å²) in [5.74, 6) is 0.848. The van der Waals surface area contributed by atoms with Crippen LogP contribution in [-0.4, -0.2) is 41.8 Å². The quantitative estimate of drug-likeness (QED) is 0.688. The zero-order chi connectivity index (χ0) is 13.6. The first-order valence-electron chi connectivity index (χ1n) is 7.56. The Morgan fingerprint density at radius 1 is 1.28 bits per heavy atom. The zero-order valence-electron chi connectivity index (χ0n) is 12.5. The van der Waals surface area contributed by atoms with E-state index in [-0.39, 0.29) is 6.61 Å². The molecule has 0 heterocycles. The van der Waals surface area contributed by atoms with Gasteiger partial charge in [-0.3, -0.25) is 0 Å². The van der Waals surface area contributed by atoms with Crippen LogP contribution in [0.4, 0.5) is 0 Å². The highest BCUT2D eigenvalue weighted by Crippen LogP contribution is 2.27. The lowest BCUT2D eigenvalue weighted by atomic mass is 9.85. The summed E-state index contributed by atoms with van der Waals surface area (Å²) < 4.78 is 0. The molecule has 3 heteroatoms. The van der Waals surface area contributed by atoms with E-state index in [1.807, 2.05) is 6.92 Å². The van der Waals surface area contributed by atoms with Gasteiger partial charge in [0.1, 0.15) is 0 Å². The summed E-state index contributed by atoms with van der Waals surface area (Å²) >= 11 is 0. The van der Waals surface area contributed by atoms with E-state index in [0.29, 0.717) is 0 Å². The van der Waals surface area contributed by atoms with Crippen LogP contribution >= 0.6 is 0 Å². The average Bonchev–Trinajstić information content (AvgIpc) is 2.35. The first-order chi connectivity index (χ1) is 8.46. The third-order valence-electron chi connectivity index (χ3n) is 4.50. The molecule has 1 aliphatic carbocycles. The Hall–Kier alpha value is -0.120. The van der Waals surface area contributed by atoms with Crippen LogP contribution in [0.25, 0.3) is 0 Å². The molecule has 0 spiro atoms. The van der Waals surface area contributed by atoms with Gasteiger partial charge in [-0.1, -0.05) is 26.2 Å². The van der Waals surface area contributed by atoms with Crippen LogP contribution in [-0.2, 0) is 0 Å². The van der Waals surface area contributed by atoms with Crippen molar-refractivity contribution in [3.05, 3.63) is 0 Å². The van der Waals surface area contributed by atoms with Gasteiger partial charge in [-0.2, -0.15) is 0 Å². The second-order valence-electron chi connectivity index (χ2n) is 6.58. The van der Waals surface area contributed by atoms with Crippen molar-refractivity contribution in [3.8, 4) is 0 Å². The van der Waals surface area contributed by atoms with Crippen molar-refractivity contribution in [2.45, 2.75) is 70.4 Å². The molecule has 0 radical (unpaired) electrons. The van der Waals surface area contributed by atoms with Crippen molar-refractivity contribution >= 4 is 0 Å². The summed E-state index contributed by atoms with van der Waals surface area (Å²) in [5, 5.41) is 9.11. The smallest absolute Gasteiger partial charge is 0.0608 e. The summed E-state index contributed by atoms with van der Waals surface area (Å²) in [5.41, 5.74) is 5.54. The highest BCUT2D eigenvalue weighted by molar-refractivity contribution is 4.80. The Morgan fingerprint density at radius 2 is 1.94 bits per heavy atom. The van der Waals surface area contributed by atoms with Gasteiger partial charge in [-0.05, 0) is 52.1 Å².